The van der Waals surface area contributed by atoms with E-state index in [1.807, 2.05) is 0 Å². The number of likely N-dealkylation sites (tertiary alicyclic amines) is 1. The summed E-state index contributed by atoms with van der Waals surface area (Å²) < 4.78 is 37.8. The third-order valence-electron chi connectivity index (χ3n) is 3.85. The maximum atomic E-state index is 12.6. The van der Waals surface area contributed by atoms with Gasteiger partial charge in [-0.3, -0.25) is 0 Å². The number of halogens is 3. The number of nitrogens with zero attached hydrogens (tertiary/aromatic N) is 5. The standard InChI is InChI=1S/C13H14F3N7O/c1-7-4-10(13(14,15)16)17-5-9(7)18-12(24)23-3-2-8(6-23)11-19-21-22-20-11/h4-5,8H,2-3,6H2,1H3,(H,18,24)(H,19,20,21,22). The number of H-pyrrole nitrogens is 1. The summed E-state index contributed by atoms with van der Waals surface area (Å²) in [5.41, 5.74) is -0.452. The van der Waals surface area contributed by atoms with Crippen molar-refractivity contribution in [3.05, 3.63) is 29.3 Å². The zero-order chi connectivity index (χ0) is 17.3. The Morgan fingerprint density at radius 1 is 1.46 bits per heavy atom. The SMILES string of the molecule is Cc1cc(C(F)(F)F)ncc1NC(=O)N1CCC(c2nn[nH]n2)C1. The third kappa shape index (κ3) is 3.29. The molecule has 24 heavy (non-hydrogen) atoms. The van der Waals surface area contributed by atoms with Gasteiger partial charge in [0.2, 0.25) is 0 Å². The van der Waals surface area contributed by atoms with Gasteiger partial charge in [0.25, 0.3) is 0 Å². The van der Waals surface area contributed by atoms with Gasteiger partial charge in [-0.1, -0.05) is 5.21 Å². The smallest absolute Gasteiger partial charge is 0.324 e. The fraction of sp³-hybridized carbons (Fsp3) is 0.462. The van der Waals surface area contributed by atoms with E-state index in [4.69, 9.17) is 0 Å². The third-order valence-corrected chi connectivity index (χ3v) is 3.85. The average Bonchev–Trinajstić information content (AvgIpc) is 3.18. The van der Waals surface area contributed by atoms with E-state index in [1.165, 1.54) is 6.92 Å². The fourth-order valence-corrected chi connectivity index (χ4v) is 2.53. The number of aromatic amines is 1. The Morgan fingerprint density at radius 2 is 2.25 bits per heavy atom. The summed E-state index contributed by atoms with van der Waals surface area (Å²) in [5, 5.41) is 16.2. The number of amides is 2. The Kier molecular flexibility index (Phi) is 4.08. The molecule has 1 atom stereocenters. The molecular weight excluding hydrogens is 327 g/mol. The number of anilines is 1. The molecule has 2 aromatic heterocycles. The van der Waals surface area contributed by atoms with Crippen LogP contribution in [0.25, 0.3) is 0 Å². The molecule has 0 spiro atoms. The van der Waals surface area contributed by atoms with E-state index in [0.717, 1.165) is 12.3 Å². The van der Waals surface area contributed by atoms with Crippen molar-refractivity contribution >= 4 is 11.7 Å². The second kappa shape index (κ2) is 6.06. The van der Waals surface area contributed by atoms with Crippen molar-refractivity contribution in [2.24, 2.45) is 0 Å². The molecule has 0 aromatic carbocycles. The van der Waals surface area contributed by atoms with Crippen LogP contribution in [-0.2, 0) is 6.18 Å². The molecule has 1 saturated heterocycles. The molecule has 1 aliphatic rings. The first-order valence-corrected chi connectivity index (χ1v) is 7.17. The van der Waals surface area contributed by atoms with Gasteiger partial charge < -0.3 is 10.2 Å². The number of urea groups is 1. The molecule has 2 amide bonds. The van der Waals surface area contributed by atoms with Gasteiger partial charge in [-0.05, 0) is 25.0 Å². The number of rotatable bonds is 2. The second-order valence-electron chi connectivity index (χ2n) is 5.51. The van der Waals surface area contributed by atoms with E-state index in [-0.39, 0.29) is 11.6 Å². The highest BCUT2D eigenvalue weighted by Crippen LogP contribution is 2.30. The van der Waals surface area contributed by atoms with E-state index in [1.54, 1.807) is 4.90 Å². The quantitative estimate of drug-likeness (QED) is 0.870. The minimum absolute atomic E-state index is 0.0127. The average molecular weight is 341 g/mol. The van der Waals surface area contributed by atoms with Crippen LogP contribution in [-0.4, -0.2) is 49.6 Å². The summed E-state index contributed by atoms with van der Waals surface area (Å²) in [6.45, 7) is 2.40. The number of tetrazole rings is 1. The second-order valence-corrected chi connectivity index (χ2v) is 5.51. The highest BCUT2D eigenvalue weighted by atomic mass is 19.4. The molecule has 8 nitrogen and oxygen atoms in total. The number of alkyl halides is 3. The number of hydrogen-bond acceptors (Lipinski definition) is 5. The highest BCUT2D eigenvalue weighted by Gasteiger charge is 2.33. The lowest BCUT2D eigenvalue weighted by Gasteiger charge is -2.18. The van der Waals surface area contributed by atoms with Gasteiger partial charge in [0.05, 0.1) is 11.9 Å². The topological polar surface area (TPSA) is 99.7 Å². The summed E-state index contributed by atoms with van der Waals surface area (Å²) >= 11 is 0. The number of carbonyl (C=O) groups is 1. The molecule has 0 bridgehead atoms. The Bertz CT molecular complexity index is 732. The van der Waals surface area contributed by atoms with Crippen LogP contribution < -0.4 is 5.32 Å². The molecule has 1 fully saturated rings. The predicted molar refractivity (Wildman–Crippen MR) is 76.1 cm³/mol. The van der Waals surface area contributed by atoms with E-state index < -0.39 is 17.9 Å². The van der Waals surface area contributed by atoms with Crippen LogP contribution in [0.4, 0.5) is 23.7 Å². The summed E-state index contributed by atoms with van der Waals surface area (Å²) in [5.74, 6) is 0.527. The molecule has 11 heteroatoms. The van der Waals surface area contributed by atoms with E-state index in [2.05, 4.69) is 30.9 Å². The first-order valence-electron chi connectivity index (χ1n) is 7.17. The fourth-order valence-electron chi connectivity index (χ4n) is 2.53. The Hall–Kier alpha value is -2.72. The lowest BCUT2D eigenvalue weighted by Crippen LogP contribution is -2.33. The molecule has 3 heterocycles. The summed E-state index contributed by atoms with van der Waals surface area (Å²) in [6.07, 6.45) is -2.81. The maximum absolute atomic E-state index is 12.6. The van der Waals surface area contributed by atoms with Crippen molar-refractivity contribution < 1.29 is 18.0 Å². The summed E-state index contributed by atoms with van der Waals surface area (Å²) in [7, 11) is 0. The van der Waals surface area contributed by atoms with Gasteiger partial charge in [0.1, 0.15) is 5.69 Å². The lowest BCUT2D eigenvalue weighted by atomic mass is 10.1. The number of hydrogen-bond donors (Lipinski definition) is 2. The number of carbonyl (C=O) groups excluding carboxylic acids is 1. The highest BCUT2D eigenvalue weighted by molar-refractivity contribution is 5.90. The molecule has 3 rings (SSSR count). The van der Waals surface area contributed by atoms with Gasteiger partial charge >= 0.3 is 12.2 Å². The van der Waals surface area contributed by atoms with E-state index in [0.29, 0.717) is 30.9 Å². The van der Waals surface area contributed by atoms with Crippen LogP contribution in [0.15, 0.2) is 12.3 Å². The van der Waals surface area contributed by atoms with Crippen molar-refractivity contribution in [2.45, 2.75) is 25.4 Å². The molecular formula is C13H14F3N7O. The van der Waals surface area contributed by atoms with Crippen LogP contribution in [0.5, 0.6) is 0 Å². The van der Waals surface area contributed by atoms with Gasteiger partial charge in [-0.15, -0.1) is 10.2 Å². The van der Waals surface area contributed by atoms with Gasteiger partial charge in [-0.25, -0.2) is 9.78 Å². The number of aryl methyl sites for hydroxylation is 1. The van der Waals surface area contributed by atoms with Crippen molar-refractivity contribution in [1.82, 2.24) is 30.5 Å². The zero-order valence-corrected chi connectivity index (χ0v) is 12.6. The maximum Gasteiger partial charge on any atom is 0.433 e. The van der Waals surface area contributed by atoms with Crippen LogP contribution >= 0.6 is 0 Å². The predicted octanol–water partition coefficient (Wildman–Crippen LogP) is 1.94. The Labute approximate surface area is 134 Å². The molecule has 128 valence electrons. The summed E-state index contributed by atoms with van der Waals surface area (Å²) in [4.78, 5) is 17.2. The van der Waals surface area contributed by atoms with Gasteiger partial charge in [0.15, 0.2) is 5.82 Å². The van der Waals surface area contributed by atoms with Gasteiger partial charge in [-0.2, -0.15) is 18.4 Å². The van der Waals surface area contributed by atoms with Gasteiger partial charge in [0, 0.05) is 19.0 Å². The Morgan fingerprint density at radius 3 is 2.88 bits per heavy atom. The summed E-state index contributed by atoms with van der Waals surface area (Å²) in [6, 6.07) is 0.507. The van der Waals surface area contributed by atoms with E-state index >= 15 is 0 Å². The zero-order valence-electron chi connectivity index (χ0n) is 12.6. The van der Waals surface area contributed by atoms with Crippen LogP contribution in [0.1, 0.15) is 29.4 Å². The minimum Gasteiger partial charge on any atom is -0.324 e. The van der Waals surface area contributed by atoms with Crippen molar-refractivity contribution in [3.8, 4) is 0 Å². The molecule has 2 N–H and O–H groups in total. The minimum atomic E-state index is -4.51. The van der Waals surface area contributed by atoms with Crippen LogP contribution in [0.3, 0.4) is 0 Å². The van der Waals surface area contributed by atoms with Crippen molar-refractivity contribution in [2.75, 3.05) is 18.4 Å². The first kappa shape index (κ1) is 16.1. The Balaban J connectivity index is 1.65. The molecule has 0 radical (unpaired) electrons. The lowest BCUT2D eigenvalue weighted by molar-refractivity contribution is -0.141. The molecule has 0 saturated carbocycles. The van der Waals surface area contributed by atoms with E-state index in [9.17, 15) is 18.0 Å². The largest absolute Gasteiger partial charge is 0.433 e. The van der Waals surface area contributed by atoms with Crippen LogP contribution in [0.2, 0.25) is 0 Å². The van der Waals surface area contributed by atoms with Crippen molar-refractivity contribution in [1.29, 1.82) is 0 Å². The first-order chi connectivity index (χ1) is 11.3. The van der Waals surface area contributed by atoms with Crippen molar-refractivity contribution in [3.63, 3.8) is 0 Å². The molecule has 0 aliphatic carbocycles. The normalized spacial score (nSPS) is 18.0. The van der Waals surface area contributed by atoms with Crippen LogP contribution in [0, 0.1) is 6.92 Å². The monoisotopic (exact) mass is 341 g/mol. The number of aromatic nitrogens is 5. The number of nitrogens with one attached hydrogen (secondary N) is 2. The molecule has 2 aromatic rings. The number of pyridine rings is 1. The molecule has 1 aliphatic heterocycles. The molecule has 1 unspecified atom stereocenters.